The predicted molar refractivity (Wildman–Crippen MR) is 132 cm³/mol. The zero-order valence-electron chi connectivity index (χ0n) is 18.5. The Bertz CT molecular complexity index is 606. The molecule has 2 unspecified atom stereocenters. The number of nitro groups is 1. The summed E-state index contributed by atoms with van der Waals surface area (Å²) in [5, 5.41) is 17.7. The van der Waals surface area contributed by atoms with Crippen molar-refractivity contribution in [2.75, 3.05) is 19.6 Å². The van der Waals surface area contributed by atoms with Gasteiger partial charge in [-0.15, -0.1) is 24.0 Å². The Morgan fingerprint density at radius 2 is 1.69 bits per heavy atom. The second kappa shape index (κ2) is 15.4. The average Bonchev–Trinajstić information content (AvgIpc) is 2.69. The van der Waals surface area contributed by atoms with E-state index in [2.05, 4.69) is 55.1 Å². The topological polar surface area (TPSA) is 82.8 Å². The summed E-state index contributed by atoms with van der Waals surface area (Å²) in [5.41, 5.74) is 1.05. The molecule has 166 valence electrons. The molecule has 0 amide bonds. The highest BCUT2D eigenvalue weighted by atomic mass is 127. The second-order valence-electron chi connectivity index (χ2n) is 7.26. The summed E-state index contributed by atoms with van der Waals surface area (Å²) in [6, 6.07) is 7.21. The molecule has 29 heavy (non-hydrogen) atoms. The van der Waals surface area contributed by atoms with Crippen molar-refractivity contribution < 1.29 is 4.92 Å². The van der Waals surface area contributed by atoms with Gasteiger partial charge in [0.15, 0.2) is 5.96 Å². The first-order chi connectivity index (χ1) is 13.4. The van der Waals surface area contributed by atoms with E-state index in [1.807, 2.05) is 0 Å². The Labute approximate surface area is 192 Å². The molecule has 0 aromatic heterocycles. The van der Waals surface area contributed by atoms with Crippen molar-refractivity contribution in [3.05, 3.63) is 39.9 Å². The fraction of sp³-hybridized carbons (Fsp3) is 0.667. The van der Waals surface area contributed by atoms with E-state index in [9.17, 15) is 10.1 Å². The molecule has 0 aliphatic rings. The summed E-state index contributed by atoms with van der Waals surface area (Å²) in [4.78, 5) is 17.5. The van der Waals surface area contributed by atoms with Crippen molar-refractivity contribution in [2.24, 2.45) is 4.99 Å². The second-order valence-corrected chi connectivity index (χ2v) is 7.26. The smallest absolute Gasteiger partial charge is 0.269 e. The van der Waals surface area contributed by atoms with Gasteiger partial charge in [-0.1, -0.05) is 32.9 Å². The van der Waals surface area contributed by atoms with E-state index in [1.54, 1.807) is 12.1 Å². The molecule has 0 radical (unpaired) electrons. The van der Waals surface area contributed by atoms with Gasteiger partial charge < -0.3 is 15.5 Å². The van der Waals surface area contributed by atoms with Gasteiger partial charge in [-0.25, -0.2) is 4.99 Å². The molecule has 1 rings (SSSR count). The van der Waals surface area contributed by atoms with Gasteiger partial charge in [0.25, 0.3) is 5.69 Å². The van der Waals surface area contributed by atoms with E-state index in [0.29, 0.717) is 18.6 Å². The zero-order valence-corrected chi connectivity index (χ0v) is 20.8. The van der Waals surface area contributed by atoms with Gasteiger partial charge in [-0.3, -0.25) is 10.1 Å². The number of hydrogen-bond acceptors (Lipinski definition) is 4. The van der Waals surface area contributed by atoms with Crippen molar-refractivity contribution in [1.82, 2.24) is 15.5 Å². The highest BCUT2D eigenvalue weighted by Crippen LogP contribution is 2.12. The Hall–Kier alpha value is -1.42. The molecule has 0 aliphatic heterocycles. The van der Waals surface area contributed by atoms with Crippen LogP contribution in [0.25, 0.3) is 0 Å². The first-order valence-electron chi connectivity index (χ1n) is 10.4. The minimum Gasteiger partial charge on any atom is -0.354 e. The molecule has 0 saturated carbocycles. The summed E-state index contributed by atoms with van der Waals surface area (Å²) in [5.74, 6) is 0.794. The van der Waals surface area contributed by atoms with E-state index < -0.39 is 0 Å². The minimum absolute atomic E-state index is 0. The summed E-state index contributed by atoms with van der Waals surface area (Å²) >= 11 is 0. The average molecular weight is 519 g/mol. The third kappa shape index (κ3) is 11.4. The first kappa shape index (κ1) is 27.6. The van der Waals surface area contributed by atoms with Gasteiger partial charge in [0, 0.05) is 24.2 Å². The molecule has 7 nitrogen and oxygen atoms in total. The first-order valence-corrected chi connectivity index (χ1v) is 10.4. The van der Waals surface area contributed by atoms with E-state index in [-0.39, 0.29) is 34.6 Å². The van der Waals surface area contributed by atoms with Gasteiger partial charge in [0.2, 0.25) is 0 Å². The quantitative estimate of drug-likeness (QED) is 0.139. The minimum atomic E-state index is -0.385. The van der Waals surface area contributed by atoms with Crippen LogP contribution in [0.4, 0.5) is 5.69 Å². The molecule has 0 spiro atoms. The van der Waals surface area contributed by atoms with Crippen molar-refractivity contribution in [3.8, 4) is 0 Å². The Kier molecular flexibility index (Phi) is 14.7. The predicted octanol–water partition coefficient (Wildman–Crippen LogP) is 4.56. The lowest BCUT2D eigenvalue weighted by Gasteiger charge is -2.23. The van der Waals surface area contributed by atoms with Crippen LogP contribution in [0.5, 0.6) is 0 Å². The molecular weight excluding hydrogens is 481 g/mol. The lowest BCUT2D eigenvalue weighted by Crippen LogP contribution is -2.45. The van der Waals surface area contributed by atoms with E-state index >= 15 is 0 Å². The van der Waals surface area contributed by atoms with Crippen LogP contribution in [-0.4, -0.2) is 47.5 Å². The number of nitrogens with zero attached hydrogens (tertiary/aromatic N) is 3. The normalized spacial score (nSPS) is 13.5. The highest BCUT2D eigenvalue weighted by molar-refractivity contribution is 14.0. The molecule has 0 saturated heterocycles. The van der Waals surface area contributed by atoms with Crippen molar-refractivity contribution >= 4 is 35.6 Å². The van der Waals surface area contributed by atoms with Gasteiger partial charge in [0.1, 0.15) is 0 Å². The molecular formula is C21H38IN5O2. The number of benzene rings is 1. The summed E-state index contributed by atoms with van der Waals surface area (Å²) in [6.45, 7) is 14.6. The molecule has 1 aromatic rings. The molecule has 1 aromatic carbocycles. The van der Waals surface area contributed by atoms with Gasteiger partial charge >= 0.3 is 0 Å². The number of rotatable bonds is 12. The van der Waals surface area contributed by atoms with Crippen LogP contribution in [0, 0.1) is 10.1 Å². The van der Waals surface area contributed by atoms with E-state index in [0.717, 1.165) is 50.4 Å². The van der Waals surface area contributed by atoms with Gasteiger partial charge in [-0.2, -0.15) is 0 Å². The van der Waals surface area contributed by atoms with Crippen LogP contribution in [0.1, 0.15) is 59.4 Å². The van der Waals surface area contributed by atoms with Crippen molar-refractivity contribution in [2.45, 2.75) is 72.5 Å². The lowest BCUT2D eigenvalue weighted by atomic mass is 10.1. The maximum absolute atomic E-state index is 10.8. The molecule has 2 atom stereocenters. The maximum atomic E-state index is 10.8. The highest BCUT2D eigenvalue weighted by Gasteiger charge is 2.10. The van der Waals surface area contributed by atoms with Crippen molar-refractivity contribution in [3.63, 3.8) is 0 Å². The monoisotopic (exact) mass is 519 g/mol. The number of aliphatic imine (C=N–C) groups is 1. The summed E-state index contributed by atoms with van der Waals surface area (Å²) in [6.07, 6.45) is 3.23. The number of non-ortho nitro benzene ring substituents is 1. The summed E-state index contributed by atoms with van der Waals surface area (Å²) in [7, 11) is 0. The van der Waals surface area contributed by atoms with Gasteiger partial charge in [0.05, 0.1) is 11.5 Å². The number of nitro benzene ring substituents is 1. The van der Waals surface area contributed by atoms with Crippen LogP contribution >= 0.6 is 24.0 Å². The van der Waals surface area contributed by atoms with Gasteiger partial charge in [-0.05, 0) is 58.3 Å². The Morgan fingerprint density at radius 1 is 1.10 bits per heavy atom. The Balaban J connectivity index is 0.00000784. The largest absolute Gasteiger partial charge is 0.354 e. The molecule has 0 heterocycles. The van der Waals surface area contributed by atoms with Crippen LogP contribution in [0.2, 0.25) is 0 Å². The third-order valence-corrected chi connectivity index (χ3v) is 4.95. The van der Waals surface area contributed by atoms with Crippen LogP contribution < -0.4 is 10.6 Å². The summed E-state index contributed by atoms with van der Waals surface area (Å²) < 4.78 is 0. The fourth-order valence-corrected chi connectivity index (χ4v) is 2.83. The zero-order chi connectivity index (χ0) is 20.9. The molecule has 0 fully saturated rings. The lowest BCUT2D eigenvalue weighted by molar-refractivity contribution is -0.384. The molecule has 0 bridgehead atoms. The number of guanidine groups is 1. The van der Waals surface area contributed by atoms with Crippen LogP contribution in [0.15, 0.2) is 29.3 Å². The molecule has 2 N–H and O–H groups in total. The number of halogens is 1. The van der Waals surface area contributed by atoms with Crippen LogP contribution in [-0.2, 0) is 6.54 Å². The fourth-order valence-electron chi connectivity index (χ4n) is 2.83. The van der Waals surface area contributed by atoms with E-state index in [1.165, 1.54) is 12.1 Å². The SMILES string of the molecule is CCC(C)NC(=NCc1ccc([N+](=O)[O-])cc1)NC(C)CCCN(CC)CC.I. The van der Waals surface area contributed by atoms with E-state index in [4.69, 9.17) is 0 Å². The maximum Gasteiger partial charge on any atom is 0.269 e. The number of nitrogens with one attached hydrogen (secondary N) is 2. The molecule has 0 aliphatic carbocycles. The molecule has 8 heteroatoms. The third-order valence-electron chi connectivity index (χ3n) is 4.95. The Morgan fingerprint density at radius 3 is 2.21 bits per heavy atom. The number of hydrogen-bond donors (Lipinski definition) is 2. The van der Waals surface area contributed by atoms with Crippen molar-refractivity contribution in [1.29, 1.82) is 0 Å². The van der Waals surface area contributed by atoms with Crippen LogP contribution in [0.3, 0.4) is 0 Å². The standard InChI is InChI=1S/C21H37N5O2.HI/c1-6-17(4)23-21(24-18(5)10-9-15-25(7-2)8-3)22-16-19-11-13-20(14-12-19)26(27)28;/h11-14,17-18H,6-10,15-16H2,1-5H3,(H2,22,23,24);1H.